The minimum absolute atomic E-state index is 0.00556. The van der Waals surface area contributed by atoms with E-state index in [1.54, 1.807) is 18.5 Å². The summed E-state index contributed by atoms with van der Waals surface area (Å²) >= 11 is 5.93. The fourth-order valence-corrected chi connectivity index (χ4v) is 6.39. The number of para-hydroxylation sites is 1. The summed E-state index contributed by atoms with van der Waals surface area (Å²) in [6.07, 6.45) is 10.9. The second-order valence-corrected chi connectivity index (χ2v) is 12.4. The fraction of sp³-hybridized carbons (Fsp3) is 0.286. The van der Waals surface area contributed by atoms with Crippen molar-refractivity contribution in [1.82, 2.24) is 24.8 Å². The Morgan fingerprint density at radius 1 is 1.09 bits per heavy atom. The molecule has 2 aromatic heterocycles. The van der Waals surface area contributed by atoms with Crippen LogP contribution in [0.3, 0.4) is 0 Å². The first-order valence-electron chi connectivity index (χ1n) is 15.2. The van der Waals surface area contributed by atoms with Crippen LogP contribution in [0, 0.1) is 17.2 Å². The number of rotatable bonds is 7. The van der Waals surface area contributed by atoms with Crippen LogP contribution in [0.15, 0.2) is 86.1 Å². The second-order valence-electron chi connectivity index (χ2n) is 12.0. The number of anilines is 3. The summed E-state index contributed by atoms with van der Waals surface area (Å²) in [4.78, 5) is 31.3. The summed E-state index contributed by atoms with van der Waals surface area (Å²) in [6, 6.07) is 15.8. The molecule has 7 rings (SSSR count). The summed E-state index contributed by atoms with van der Waals surface area (Å²) in [5.74, 6) is 0.699. The molecule has 2 aliphatic rings. The number of carbonyl (C=O) groups excluding carboxylic acids is 1. The number of nitrogens with one attached hydrogen (secondary N) is 2. The monoisotopic (exact) mass is 639 g/mol. The van der Waals surface area contributed by atoms with E-state index in [0.717, 1.165) is 24.0 Å². The lowest BCUT2D eigenvalue weighted by Crippen LogP contribution is -2.47. The van der Waals surface area contributed by atoms with Crippen molar-refractivity contribution in [3.8, 4) is 5.75 Å². The Kier molecular flexibility index (Phi) is 9.37. The fourth-order valence-electron chi connectivity index (χ4n) is 6.21. The van der Waals surface area contributed by atoms with Gasteiger partial charge in [0, 0.05) is 28.7 Å². The molecule has 1 amide bonds. The number of nitrogens with zero attached hydrogens (tertiary/aromatic N) is 5. The number of likely N-dealkylation sites (tertiary alicyclic amines) is 1. The number of piperidine rings is 1. The molecule has 3 heterocycles. The molecule has 1 spiro atoms. The lowest BCUT2D eigenvalue weighted by Gasteiger charge is -2.51. The van der Waals surface area contributed by atoms with Crippen molar-refractivity contribution in [1.29, 1.82) is 0 Å². The van der Waals surface area contributed by atoms with Gasteiger partial charge in [-0.3, -0.25) is 4.79 Å². The van der Waals surface area contributed by atoms with E-state index >= 15 is 0 Å². The number of ether oxygens (including phenoxy) is 1. The Morgan fingerprint density at radius 3 is 2.63 bits per heavy atom. The van der Waals surface area contributed by atoms with Crippen LogP contribution in [-0.2, 0) is 4.79 Å². The lowest BCUT2D eigenvalue weighted by atomic mass is 9.58. The van der Waals surface area contributed by atoms with Gasteiger partial charge in [-0.2, -0.15) is 0 Å². The first kappa shape index (κ1) is 31.3. The minimum atomic E-state index is -0.501. The van der Waals surface area contributed by atoms with Crippen molar-refractivity contribution in [2.75, 3.05) is 37.4 Å². The summed E-state index contributed by atoms with van der Waals surface area (Å²) < 4.78 is 19.8. The van der Waals surface area contributed by atoms with Crippen molar-refractivity contribution < 1.29 is 13.9 Å². The van der Waals surface area contributed by atoms with Gasteiger partial charge in [0.05, 0.1) is 28.4 Å². The van der Waals surface area contributed by atoms with E-state index in [9.17, 15) is 9.18 Å². The largest absolute Gasteiger partial charge is 0.491 e. The molecule has 2 fully saturated rings. The van der Waals surface area contributed by atoms with Gasteiger partial charge in [-0.15, -0.1) is 0 Å². The minimum Gasteiger partial charge on any atom is -0.491 e. The molecule has 0 unspecified atom stereocenters. The van der Waals surface area contributed by atoms with Gasteiger partial charge < -0.3 is 20.3 Å². The molecule has 1 saturated carbocycles. The number of halogens is 2. The molecule has 0 radical (unpaired) electrons. The van der Waals surface area contributed by atoms with Gasteiger partial charge in [-0.1, -0.05) is 36.4 Å². The highest BCUT2D eigenvalue weighted by Crippen LogP contribution is 2.52. The van der Waals surface area contributed by atoms with Gasteiger partial charge >= 0.3 is 0 Å². The van der Waals surface area contributed by atoms with Gasteiger partial charge in [0.2, 0.25) is 5.91 Å². The Labute approximate surface area is 271 Å². The highest BCUT2D eigenvalue weighted by Gasteiger charge is 2.45. The van der Waals surface area contributed by atoms with Crippen molar-refractivity contribution in [2.24, 2.45) is 11.3 Å². The van der Waals surface area contributed by atoms with Crippen molar-refractivity contribution >= 4 is 56.5 Å². The third-order valence-electron chi connectivity index (χ3n) is 8.74. The van der Waals surface area contributed by atoms with E-state index in [1.807, 2.05) is 36.5 Å². The van der Waals surface area contributed by atoms with E-state index in [4.69, 9.17) is 16.3 Å². The Balaban J connectivity index is 0.000000314. The number of benzene rings is 3. The average molecular weight is 640 g/mol. The summed E-state index contributed by atoms with van der Waals surface area (Å²) in [7, 11) is 2.18. The van der Waals surface area contributed by atoms with Gasteiger partial charge in [0.1, 0.15) is 30.0 Å². The van der Waals surface area contributed by atoms with Crippen LogP contribution < -0.4 is 15.4 Å². The smallest absolute Gasteiger partial charge is 0.247 e. The predicted octanol–water partition coefficient (Wildman–Crippen LogP) is 7.42. The van der Waals surface area contributed by atoms with Crippen LogP contribution in [-0.4, -0.2) is 57.5 Å². The zero-order valence-electron chi connectivity index (χ0n) is 25.5. The van der Waals surface area contributed by atoms with Crippen LogP contribution in [0.25, 0.3) is 21.8 Å². The normalized spacial score (nSPS) is 15.9. The summed E-state index contributed by atoms with van der Waals surface area (Å²) in [6.45, 7) is 6.46. The van der Waals surface area contributed by atoms with Gasteiger partial charge in [0.25, 0.3) is 0 Å². The number of hydrogen-bond acceptors (Lipinski definition) is 8. The quantitative estimate of drug-likeness (QED) is 0.177. The molecule has 46 heavy (non-hydrogen) atoms. The molecule has 2 N–H and O–H groups in total. The molecule has 0 bridgehead atoms. The third kappa shape index (κ3) is 7.24. The molecule has 11 heteroatoms. The first-order valence-corrected chi connectivity index (χ1v) is 15.6. The molecule has 9 nitrogen and oxygen atoms in total. The standard InChI is InChI=1S/C27H29ClFN5O2.C8H6N2/c1-3-25(35)33-23-11-19-22(30-16-31-26(19)32-18-4-5-21(29)20(28)10-18)12-24(23)36-15-17-13-27(14-17)6-8-34(2)9-7-27;1-2-4-8-7(3-1)5-9-6-10-8/h3-5,10-12,16-17H,1,6-9,13-15H2,2H3,(H,33,35)(H,30,31,32);1-6H. The number of carbonyl (C=O) groups is 1. The maximum Gasteiger partial charge on any atom is 0.247 e. The SMILES string of the molecule is C=CC(=O)Nc1cc2c(Nc3ccc(F)c(Cl)c3)ncnc2cc1OCC1CC2(CCN(C)CC2)C1.c1ccc2ncncc2c1. The topological polar surface area (TPSA) is 105 Å². The van der Waals surface area contributed by atoms with E-state index in [1.165, 1.54) is 50.2 Å². The highest BCUT2D eigenvalue weighted by molar-refractivity contribution is 6.31. The average Bonchev–Trinajstić information content (AvgIpc) is 3.06. The molecule has 1 saturated heterocycles. The maximum atomic E-state index is 13.6. The number of hydrogen-bond donors (Lipinski definition) is 2. The molecule has 236 valence electrons. The molecule has 3 aromatic carbocycles. The third-order valence-corrected chi connectivity index (χ3v) is 9.03. The molecule has 1 aliphatic heterocycles. The first-order chi connectivity index (χ1) is 22.3. The maximum absolute atomic E-state index is 13.6. The summed E-state index contributed by atoms with van der Waals surface area (Å²) in [5, 5.41) is 7.75. The van der Waals surface area contributed by atoms with E-state index < -0.39 is 5.82 Å². The van der Waals surface area contributed by atoms with Gasteiger partial charge in [-0.05, 0) is 93.6 Å². The Morgan fingerprint density at radius 2 is 1.87 bits per heavy atom. The molecular formula is C35H35ClFN7O2. The predicted molar refractivity (Wildman–Crippen MR) is 180 cm³/mol. The number of amides is 1. The van der Waals surface area contributed by atoms with Crippen LogP contribution in [0.2, 0.25) is 5.02 Å². The van der Waals surface area contributed by atoms with E-state index in [-0.39, 0.29) is 10.9 Å². The molecule has 1 aliphatic carbocycles. The zero-order chi connectivity index (χ0) is 32.1. The van der Waals surface area contributed by atoms with E-state index in [2.05, 4.69) is 49.1 Å². The second kappa shape index (κ2) is 13.8. The van der Waals surface area contributed by atoms with Gasteiger partial charge in [0.15, 0.2) is 0 Å². The van der Waals surface area contributed by atoms with Crippen molar-refractivity contribution in [3.63, 3.8) is 0 Å². The van der Waals surface area contributed by atoms with Crippen LogP contribution in [0.4, 0.5) is 21.6 Å². The van der Waals surface area contributed by atoms with Crippen molar-refractivity contribution in [3.05, 3.63) is 96.9 Å². The van der Waals surface area contributed by atoms with Crippen molar-refractivity contribution in [2.45, 2.75) is 25.7 Å². The van der Waals surface area contributed by atoms with Crippen LogP contribution in [0.5, 0.6) is 5.75 Å². The molecular weight excluding hydrogens is 605 g/mol. The van der Waals surface area contributed by atoms with Gasteiger partial charge in [-0.25, -0.2) is 24.3 Å². The zero-order valence-corrected chi connectivity index (χ0v) is 26.3. The van der Waals surface area contributed by atoms with Crippen LogP contribution in [0.1, 0.15) is 25.7 Å². The van der Waals surface area contributed by atoms with Crippen LogP contribution >= 0.6 is 11.6 Å². The Bertz CT molecular complexity index is 1810. The molecule has 0 atom stereocenters. The number of aromatic nitrogens is 4. The lowest BCUT2D eigenvalue weighted by molar-refractivity contribution is -0.111. The molecule has 5 aromatic rings. The Hall–Kier alpha value is -4.67. The highest BCUT2D eigenvalue weighted by atomic mass is 35.5. The number of fused-ring (bicyclic) bond motifs is 2. The van der Waals surface area contributed by atoms with E-state index in [0.29, 0.717) is 51.8 Å². The summed E-state index contributed by atoms with van der Waals surface area (Å²) in [5.41, 5.74) is 3.20.